The van der Waals surface area contributed by atoms with Crippen LogP contribution in [-0.2, 0) is 29.1 Å². The van der Waals surface area contributed by atoms with E-state index >= 15 is 0 Å². The molecule has 1 aromatic carbocycles. The number of β-amino-alcohol motifs (C(OH)–C–C–N with tert-alkyl or cyclic N) is 1. The van der Waals surface area contributed by atoms with Gasteiger partial charge in [-0.3, -0.25) is 9.69 Å². The van der Waals surface area contributed by atoms with E-state index in [0.29, 0.717) is 13.2 Å². The second-order valence-corrected chi connectivity index (χ2v) is 6.36. The Kier molecular flexibility index (Phi) is 5.86. The highest BCUT2D eigenvalue weighted by Crippen LogP contribution is 2.26. The topological polar surface area (TPSA) is 74.9 Å². The highest BCUT2D eigenvalue weighted by molar-refractivity contribution is 5.89. The minimum Gasteiger partial charge on any atom is -0.467 e. The molecule has 2 aromatic rings. The maximum absolute atomic E-state index is 11.3. The summed E-state index contributed by atoms with van der Waals surface area (Å²) >= 11 is 0. The summed E-state index contributed by atoms with van der Waals surface area (Å²) in [6.45, 7) is 4.33. The molecular formula is C19H24N2O4. The molecule has 1 aliphatic heterocycles. The van der Waals surface area contributed by atoms with E-state index in [-0.39, 0.29) is 12.5 Å². The Morgan fingerprint density at radius 2 is 2.28 bits per heavy atom. The average molecular weight is 344 g/mol. The molecule has 0 bridgehead atoms. The van der Waals surface area contributed by atoms with Gasteiger partial charge in [-0.25, -0.2) is 0 Å². The van der Waals surface area contributed by atoms with Gasteiger partial charge in [-0.15, -0.1) is 0 Å². The highest BCUT2D eigenvalue weighted by Gasteiger charge is 2.21. The van der Waals surface area contributed by atoms with Gasteiger partial charge in [0.2, 0.25) is 5.91 Å². The van der Waals surface area contributed by atoms with Gasteiger partial charge in [0.25, 0.3) is 0 Å². The van der Waals surface area contributed by atoms with Gasteiger partial charge < -0.3 is 19.6 Å². The van der Waals surface area contributed by atoms with Crippen LogP contribution in [0.1, 0.15) is 23.8 Å². The number of nitrogens with one attached hydrogen (secondary N) is 1. The Balaban J connectivity index is 1.50. The van der Waals surface area contributed by atoms with Gasteiger partial charge in [-0.2, -0.15) is 0 Å². The molecule has 0 saturated heterocycles. The molecule has 134 valence electrons. The summed E-state index contributed by atoms with van der Waals surface area (Å²) in [6, 6.07) is 9.63. The zero-order valence-electron chi connectivity index (χ0n) is 14.4. The van der Waals surface area contributed by atoms with Crippen LogP contribution in [-0.4, -0.2) is 41.7 Å². The second kappa shape index (κ2) is 8.29. The van der Waals surface area contributed by atoms with Crippen molar-refractivity contribution < 1.29 is 19.1 Å². The lowest BCUT2D eigenvalue weighted by Gasteiger charge is -2.31. The lowest BCUT2D eigenvalue weighted by atomic mass is 9.97. The molecule has 3 rings (SSSR count). The molecule has 2 heterocycles. The van der Waals surface area contributed by atoms with E-state index in [9.17, 15) is 9.90 Å². The molecule has 6 nitrogen and oxygen atoms in total. The number of benzene rings is 1. The molecule has 2 N–H and O–H groups in total. The first kappa shape index (κ1) is 17.7. The van der Waals surface area contributed by atoms with Gasteiger partial charge in [-0.05, 0) is 35.7 Å². The molecule has 0 saturated carbocycles. The van der Waals surface area contributed by atoms with E-state index in [1.807, 2.05) is 24.3 Å². The van der Waals surface area contributed by atoms with Crippen LogP contribution >= 0.6 is 0 Å². The normalized spacial score (nSPS) is 15.6. The average Bonchev–Trinajstić information content (AvgIpc) is 3.08. The van der Waals surface area contributed by atoms with Gasteiger partial charge in [0.1, 0.15) is 12.4 Å². The third-order valence-corrected chi connectivity index (χ3v) is 4.26. The Morgan fingerprint density at radius 1 is 1.40 bits per heavy atom. The molecule has 0 aliphatic carbocycles. The number of fused-ring (bicyclic) bond motifs is 1. The summed E-state index contributed by atoms with van der Waals surface area (Å²) in [6.07, 6.45) is 1.91. The number of anilines is 1. The molecule has 0 spiro atoms. The van der Waals surface area contributed by atoms with Crippen LogP contribution in [0.5, 0.6) is 0 Å². The summed E-state index contributed by atoms with van der Waals surface area (Å²) in [5.74, 6) is 0.699. The molecule has 1 unspecified atom stereocenters. The van der Waals surface area contributed by atoms with E-state index < -0.39 is 6.10 Å². The first-order valence-corrected chi connectivity index (χ1v) is 8.50. The van der Waals surface area contributed by atoms with E-state index in [1.165, 1.54) is 18.1 Å². The first-order valence-electron chi connectivity index (χ1n) is 8.50. The maximum Gasteiger partial charge on any atom is 0.221 e. The molecule has 1 amide bonds. The fraction of sp³-hybridized carbons (Fsp3) is 0.421. The van der Waals surface area contributed by atoms with Crippen molar-refractivity contribution in [3.8, 4) is 0 Å². The summed E-state index contributed by atoms with van der Waals surface area (Å²) in [5.41, 5.74) is 3.28. The van der Waals surface area contributed by atoms with E-state index in [1.54, 1.807) is 6.26 Å². The molecule has 0 fully saturated rings. The van der Waals surface area contributed by atoms with Crippen molar-refractivity contribution in [3.05, 3.63) is 53.5 Å². The fourth-order valence-corrected chi connectivity index (χ4v) is 3.17. The van der Waals surface area contributed by atoms with Crippen molar-refractivity contribution in [1.29, 1.82) is 0 Å². The van der Waals surface area contributed by atoms with Crippen LogP contribution in [0, 0.1) is 0 Å². The number of aliphatic hydroxyl groups is 1. The van der Waals surface area contributed by atoms with Crippen molar-refractivity contribution in [2.75, 3.05) is 25.0 Å². The van der Waals surface area contributed by atoms with Crippen molar-refractivity contribution >= 4 is 11.6 Å². The number of carbonyl (C=O) groups excluding carboxylic acids is 1. The van der Waals surface area contributed by atoms with Crippen LogP contribution in [0.4, 0.5) is 5.69 Å². The quantitative estimate of drug-likeness (QED) is 0.805. The van der Waals surface area contributed by atoms with Gasteiger partial charge in [0, 0.05) is 32.2 Å². The smallest absolute Gasteiger partial charge is 0.221 e. The van der Waals surface area contributed by atoms with Gasteiger partial charge in [-0.1, -0.05) is 12.1 Å². The highest BCUT2D eigenvalue weighted by atomic mass is 16.5. The number of nitrogens with zero attached hydrogens (tertiary/aromatic N) is 1. The van der Waals surface area contributed by atoms with Crippen LogP contribution < -0.4 is 5.32 Å². The number of hydrogen-bond acceptors (Lipinski definition) is 5. The lowest BCUT2D eigenvalue weighted by molar-refractivity contribution is -0.114. The Hall–Kier alpha value is -2.15. The molecular weight excluding hydrogens is 320 g/mol. The zero-order chi connectivity index (χ0) is 17.6. The molecule has 1 aliphatic rings. The number of ether oxygens (including phenoxy) is 1. The Morgan fingerprint density at radius 3 is 3.04 bits per heavy atom. The maximum atomic E-state index is 11.3. The minimum absolute atomic E-state index is 0.0556. The molecule has 0 radical (unpaired) electrons. The van der Waals surface area contributed by atoms with Crippen molar-refractivity contribution in [2.45, 2.75) is 32.6 Å². The number of rotatable bonds is 7. The van der Waals surface area contributed by atoms with Crippen LogP contribution in [0.15, 0.2) is 41.0 Å². The fourth-order valence-electron chi connectivity index (χ4n) is 3.17. The SMILES string of the molecule is CC(=O)Nc1cccc2c1CCN(CC(O)COCc1ccco1)C2. The molecule has 1 aromatic heterocycles. The van der Waals surface area contributed by atoms with Crippen molar-refractivity contribution in [2.24, 2.45) is 0 Å². The van der Waals surface area contributed by atoms with Gasteiger partial charge >= 0.3 is 0 Å². The Labute approximate surface area is 147 Å². The van der Waals surface area contributed by atoms with E-state index in [4.69, 9.17) is 9.15 Å². The van der Waals surface area contributed by atoms with Crippen LogP contribution in [0.3, 0.4) is 0 Å². The molecule has 1 atom stereocenters. The first-order chi connectivity index (χ1) is 12.1. The number of aliphatic hydroxyl groups excluding tert-OH is 1. The summed E-state index contributed by atoms with van der Waals surface area (Å²) < 4.78 is 10.7. The number of hydrogen-bond donors (Lipinski definition) is 2. The summed E-state index contributed by atoms with van der Waals surface area (Å²) in [7, 11) is 0. The van der Waals surface area contributed by atoms with Crippen LogP contribution in [0.25, 0.3) is 0 Å². The number of furan rings is 1. The van der Waals surface area contributed by atoms with Crippen molar-refractivity contribution in [1.82, 2.24) is 4.90 Å². The standard InChI is InChI=1S/C19H24N2O4/c1-14(22)20-19-6-2-4-15-10-21(8-7-18(15)19)11-16(23)12-24-13-17-5-3-9-25-17/h2-6,9,16,23H,7-8,10-13H2,1H3,(H,20,22). The number of amides is 1. The second-order valence-electron chi connectivity index (χ2n) is 6.36. The predicted molar refractivity (Wildman–Crippen MR) is 94.1 cm³/mol. The lowest BCUT2D eigenvalue weighted by Crippen LogP contribution is -2.38. The van der Waals surface area contributed by atoms with E-state index in [0.717, 1.165) is 31.0 Å². The zero-order valence-corrected chi connectivity index (χ0v) is 14.4. The largest absolute Gasteiger partial charge is 0.467 e. The third-order valence-electron chi connectivity index (χ3n) is 4.26. The van der Waals surface area contributed by atoms with Gasteiger partial charge in [0.15, 0.2) is 0 Å². The predicted octanol–water partition coefficient (Wildman–Crippen LogP) is 2.17. The monoisotopic (exact) mass is 344 g/mol. The van der Waals surface area contributed by atoms with Crippen LogP contribution in [0.2, 0.25) is 0 Å². The van der Waals surface area contributed by atoms with Crippen molar-refractivity contribution in [3.63, 3.8) is 0 Å². The summed E-state index contributed by atoms with van der Waals surface area (Å²) in [4.78, 5) is 13.5. The van der Waals surface area contributed by atoms with Gasteiger partial charge in [0.05, 0.1) is 19.0 Å². The Bertz CT molecular complexity index is 699. The molecule has 25 heavy (non-hydrogen) atoms. The summed E-state index contributed by atoms with van der Waals surface area (Å²) in [5, 5.41) is 13.1. The third kappa shape index (κ3) is 4.92. The number of carbonyl (C=O) groups is 1. The molecule has 6 heteroatoms. The van der Waals surface area contributed by atoms with E-state index in [2.05, 4.69) is 16.3 Å². The minimum atomic E-state index is -0.546.